The van der Waals surface area contributed by atoms with Crippen molar-refractivity contribution in [3.8, 4) is 0 Å². The van der Waals surface area contributed by atoms with E-state index >= 15 is 0 Å². The smallest absolute Gasteiger partial charge is 0.0570 e. The first-order valence-electron chi connectivity index (χ1n) is 8.99. The maximum Gasteiger partial charge on any atom is 0.0570 e. The van der Waals surface area contributed by atoms with E-state index in [2.05, 4.69) is 18.7 Å². The molecule has 1 atom stereocenters. The van der Waals surface area contributed by atoms with Gasteiger partial charge in [-0.1, -0.05) is 20.3 Å². The van der Waals surface area contributed by atoms with Crippen molar-refractivity contribution in [2.24, 2.45) is 28.9 Å². The lowest BCUT2D eigenvalue weighted by atomic mass is 10.1. The zero-order valence-electron chi connectivity index (χ0n) is 16.5. The molecule has 0 aliphatic rings. The Morgan fingerprint density at radius 1 is 0.731 bits per heavy atom. The van der Waals surface area contributed by atoms with E-state index in [0.29, 0.717) is 48.3 Å². The third kappa shape index (κ3) is 13.5. The maximum atomic E-state index is 5.43. The molecule has 0 amide bonds. The van der Waals surface area contributed by atoms with Gasteiger partial charge in [0.25, 0.3) is 0 Å². The molecule has 16 N–H and O–H groups in total. The van der Waals surface area contributed by atoms with Crippen molar-refractivity contribution in [2.45, 2.75) is 20.3 Å². The monoisotopic (exact) mass is 371 g/mol. The lowest BCUT2D eigenvalue weighted by molar-refractivity contribution is 0.297. The highest BCUT2D eigenvalue weighted by Crippen LogP contribution is 2.23. The number of anilines is 4. The highest BCUT2D eigenvalue weighted by Gasteiger charge is 1.99. The summed E-state index contributed by atoms with van der Waals surface area (Å²) in [5.74, 6) is 0.713. The second-order valence-electron chi connectivity index (χ2n) is 6.07. The van der Waals surface area contributed by atoms with E-state index in [1.54, 1.807) is 12.1 Å². The van der Waals surface area contributed by atoms with Crippen LogP contribution in [0, 0.1) is 5.92 Å². The molecule has 9 heteroatoms. The highest BCUT2D eigenvalue weighted by atomic mass is 15.1. The molecular formula is C17H41N9. The van der Waals surface area contributed by atoms with E-state index < -0.39 is 0 Å². The Morgan fingerprint density at radius 3 is 1.19 bits per heavy atom. The number of nitrogens with zero attached hydrogens (tertiary/aromatic N) is 1. The summed E-state index contributed by atoms with van der Waals surface area (Å²) in [6, 6.07) is 3.09. The van der Waals surface area contributed by atoms with Gasteiger partial charge in [0.1, 0.15) is 0 Å². The second kappa shape index (κ2) is 16.7. The van der Waals surface area contributed by atoms with E-state index in [9.17, 15) is 0 Å². The Hall–Kier alpha value is -1.78. The molecular weight excluding hydrogens is 330 g/mol. The van der Waals surface area contributed by atoms with E-state index in [-0.39, 0.29) is 0 Å². The number of nitrogen functional groups attached to an aromatic ring is 4. The molecule has 1 unspecified atom stereocenters. The molecule has 154 valence electrons. The van der Waals surface area contributed by atoms with E-state index in [1.165, 1.54) is 6.42 Å². The van der Waals surface area contributed by atoms with Crippen LogP contribution >= 0.6 is 0 Å². The number of hydrogen-bond acceptors (Lipinski definition) is 9. The molecule has 0 bridgehead atoms. The molecule has 26 heavy (non-hydrogen) atoms. The topological polar surface area (TPSA) is 211 Å². The second-order valence-corrected chi connectivity index (χ2v) is 6.07. The lowest BCUT2D eigenvalue weighted by Crippen LogP contribution is -2.37. The molecule has 0 fully saturated rings. The Morgan fingerprint density at radius 2 is 1.04 bits per heavy atom. The predicted molar refractivity (Wildman–Crippen MR) is 116 cm³/mol. The summed E-state index contributed by atoms with van der Waals surface area (Å²) in [4.78, 5) is 2.17. The average molecular weight is 372 g/mol. The van der Waals surface area contributed by atoms with Crippen LogP contribution in [0.15, 0.2) is 12.1 Å². The molecule has 0 heterocycles. The van der Waals surface area contributed by atoms with Crippen LogP contribution in [0.5, 0.6) is 0 Å². The number of nitrogens with two attached hydrogens (primary N) is 8. The summed E-state index contributed by atoms with van der Waals surface area (Å²) < 4.78 is 0. The van der Waals surface area contributed by atoms with Gasteiger partial charge in [0.15, 0.2) is 0 Å². The zero-order chi connectivity index (χ0) is 20.5. The number of benzene rings is 1. The maximum absolute atomic E-state index is 5.43. The van der Waals surface area contributed by atoms with E-state index in [4.69, 9.17) is 45.9 Å². The van der Waals surface area contributed by atoms with Gasteiger partial charge < -0.3 is 45.9 Å². The van der Waals surface area contributed by atoms with Gasteiger partial charge in [-0.3, -0.25) is 4.90 Å². The lowest BCUT2D eigenvalue weighted by Gasteiger charge is -2.18. The highest BCUT2D eigenvalue weighted by molar-refractivity contribution is 5.78. The molecule has 0 aromatic heterocycles. The Balaban J connectivity index is 0. The van der Waals surface area contributed by atoms with Crippen molar-refractivity contribution in [3.05, 3.63) is 12.1 Å². The van der Waals surface area contributed by atoms with Crippen LogP contribution in [0.1, 0.15) is 20.3 Å². The van der Waals surface area contributed by atoms with Gasteiger partial charge in [-0.25, -0.2) is 0 Å². The fourth-order valence-corrected chi connectivity index (χ4v) is 1.72. The third-order valence-electron chi connectivity index (χ3n) is 3.72. The summed E-state index contributed by atoms with van der Waals surface area (Å²) in [6.07, 6.45) is 1.20. The standard InChI is InChI=1S/C6H10N4.C6H18N4.C5H13N/c7-3-1-4(8)6(10)2-5(3)9;7-1-4-10(5-2-8)6-3-9;1-3-5(2)4-6/h1-2H,7-10H2;1-9H2;5H,3-4,6H2,1-2H3. The van der Waals surface area contributed by atoms with Gasteiger partial charge >= 0.3 is 0 Å². The van der Waals surface area contributed by atoms with Gasteiger partial charge in [0, 0.05) is 39.3 Å². The first kappa shape index (κ1) is 26.4. The normalized spacial score (nSPS) is 11.2. The molecule has 1 rings (SSSR count). The third-order valence-corrected chi connectivity index (χ3v) is 3.72. The van der Waals surface area contributed by atoms with Crippen LogP contribution in [-0.2, 0) is 0 Å². The molecule has 0 saturated heterocycles. The predicted octanol–water partition coefficient (Wildman–Crippen LogP) is -0.829. The van der Waals surface area contributed by atoms with Gasteiger partial charge in [-0.2, -0.15) is 0 Å². The van der Waals surface area contributed by atoms with Gasteiger partial charge in [-0.05, 0) is 24.6 Å². The van der Waals surface area contributed by atoms with Crippen molar-refractivity contribution < 1.29 is 0 Å². The Kier molecular flexibility index (Phi) is 17.0. The molecule has 0 aliphatic carbocycles. The summed E-state index contributed by atoms with van der Waals surface area (Å²) in [5, 5.41) is 0. The molecule has 0 radical (unpaired) electrons. The molecule has 0 aliphatic heterocycles. The van der Waals surface area contributed by atoms with Crippen LogP contribution in [0.25, 0.3) is 0 Å². The van der Waals surface area contributed by atoms with Crippen molar-refractivity contribution in [3.63, 3.8) is 0 Å². The first-order chi connectivity index (χ1) is 12.3. The first-order valence-corrected chi connectivity index (χ1v) is 8.99. The Labute approximate surface area is 158 Å². The van der Waals surface area contributed by atoms with Crippen molar-refractivity contribution >= 4 is 22.7 Å². The molecule has 0 saturated carbocycles. The minimum atomic E-state index is 0.465. The molecule has 9 nitrogen and oxygen atoms in total. The van der Waals surface area contributed by atoms with Crippen molar-refractivity contribution in [1.82, 2.24) is 4.90 Å². The summed E-state index contributed by atoms with van der Waals surface area (Å²) in [5.41, 5.74) is 45.0. The fourth-order valence-electron chi connectivity index (χ4n) is 1.72. The van der Waals surface area contributed by atoms with Crippen LogP contribution < -0.4 is 45.9 Å². The fraction of sp³-hybridized carbons (Fsp3) is 0.647. The van der Waals surface area contributed by atoms with Crippen LogP contribution in [0.3, 0.4) is 0 Å². The minimum Gasteiger partial charge on any atom is -0.397 e. The Bertz CT molecular complexity index is 386. The quantitative estimate of drug-likeness (QED) is 0.267. The van der Waals surface area contributed by atoms with Gasteiger partial charge in [-0.15, -0.1) is 0 Å². The summed E-state index contributed by atoms with van der Waals surface area (Å²) >= 11 is 0. The van der Waals surface area contributed by atoms with Crippen LogP contribution in [-0.4, -0.2) is 50.7 Å². The van der Waals surface area contributed by atoms with Crippen molar-refractivity contribution in [2.75, 3.05) is 68.7 Å². The zero-order valence-corrected chi connectivity index (χ0v) is 16.5. The van der Waals surface area contributed by atoms with E-state index in [1.807, 2.05) is 0 Å². The van der Waals surface area contributed by atoms with Gasteiger partial charge in [0.05, 0.1) is 22.7 Å². The molecule has 0 spiro atoms. The number of rotatable bonds is 8. The summed E-state index contributed by atoms with van der Waals surface area (Å²) in [6.45, 7) is 9.87. The molecule has 1 aromatic carbocycles. The van der Waals surface area contributed by atoms with Crippen molar-refractivity contribution in [1.29, 1.82) is 0 Å². The SMILES string of the molecule is CCC(C)CN.NCCN(CCN)CCN.Nc1cc(N)c(N)cc1N. The largest absolute Gasteiger partial charge is 0.397 e. The van der Waals surface area contributed by atoms with E-state index in [0.717, 1.165) is 26.2 Å². The average Bonchev–Trinajstić information content (AvgIpc) is 2.61. The van der Waals surface area contributed by atoms with Crippen LogP contribution in [0.2, 0.25) is 0 Å². The minimum absolute atomic E-state index is 0.465. The van der Waals surface area contributed by atoms with Gasteiger partial charge in [0.2, 0.25) is 0 Å². The molecule has 1 aromatic rings. The summed E-state index contributed by atoms with van der Waals surface area (Å²) in [7, 11) is 0. The number of hydrogen-bond donors (Lipinski definition) is 8. The van der Waals surface area contributed by atoms with Crippen LogP contribution in [0.4, 0.5) is 22.7 Å².